The van der Waals surface area contributed by atoms with Crippen LogP contribution in [0.15, 0.2) is 52.1 Å². The molecule has 166 valence electrons. The van der Waals surface area contributed by atoms with Crippen LogP contribution in [0.3, 0.4) is 0 Å². The van der Waals surface area contributed by atoms with E-state index < -0.39 is 0 Å². The smallest absolute Gasteiger partial charge is 0.277 e. The highest BCUT2D eigenvalue weighted by molar-refractivity contribution is 7.99. The van der Waals surface area contributed by atoms with Crippen LogP contribution in [0.5, 0.6) is 0 Å². The molecule has 0 spiro atoms. The van der Waals surface area contributed by atoms with E-state index in [9.17, 15) is 9.59 Å². The summed E-state index contributed by atoms with van der Waals surface area (Å²) in [4.78, 5) is 27.3. The van der Waals surface area contributed by atoms with Crippen LogP contribution < -0.4 is 5.32 Å². The molecule has 0 radical (unpaired) electrons. The number of nitrogens with one attached hydrogen (secondary N) is 1. The molecule has 1 aliphatic heterocycles. The summed E-state index contributed by atoms with van der Waals surface area (Å²) in [7, 11) is 0. The molecule has 0 unspecified atom stereocenters. The number of piperidine rings is 1. The number of carbonyl (C=O) groups excluding carboxylic acids is 2. The summed E-state index contributed by atoms with van der Waals surface area (Å²) in [5.41, 5.74) is 1.56. The van der Waals surface area contributed by atoms with E-state index in [4.69, 9.17) is 27.6 Å². The third-order valence-corrected chi connectivity index (χ3v) is 6.26. The van der Waals surface area contributed by atoms with Crippen LogP contribution in [0.2, 0.25) is 10.0 Å². The minimum absolute atomic E-state index is 0.0338. The molecule has 4 rings (SSSR count). The summed E-state index contributed by atoms with van der Waals surface area (Å²) in [5, 5.41) is 12.1. The van der Waals surface area contributed by atoms with Gasteiger partial charge in [-0.2, -0.15) is 0 Å². The number of thioether (sulfide) groups is 1. The van der Waals surface area contributed by atoms with Crippen LogP contribution >= 0.6 is 35.0 Å². The Bertz CT molecular complexity index is 1110. The number of halogens is 2. The Labute approximate surface area is 199 Å². The summed E-state index contributed by atoms with van der Waals surface area (Å²) >= 11 is 13.1. The van der Waals surface area contributed by atoms with Crippen molar-refractivity contribution in [2.24, 2.45) is 0 Å². The Kier molecular flexibility index (Phi) is 7.34. The quantitative estimate of drug-likeness (QED) is 0.465. The lowest BCUT2D eigenvalue weighted by atomic mass is 10.1. The van der Waals surface area contributed by atoms with E-state index in [2.05, 4.69) is 15.5 Å². The molecule has 0 atom stereocenters. The minimum atomic E-state index is -0.309. The molecule has 1 N–H and O–H groups in total. The summed E-state index contributed by atoms with van der Waals surface area (Å²) in [5.74, 6) is -0.0367. The van der Waals surface area contributed by atoms with E-state index in [0.717, 1.165) is 49.7 Å². The lowest BCUT2D eigenvalue weighted by Gasteiger charge is -2.27. The molecule has 1 aliphatic rings. The number of nitrogens with zero attached hydrogens (tertiary/aromatic N) is 3. The Hall–Kier alpha value is -2.55. The lowest BCUT2D eigenvalue weighted by Crippen LogP contribution is -2.36. The number of anilines is 1. The fraction of sp³-hybridized carbons (Fsp3) is 0.273. The largest absolute Gasteiger partial charge is 0.411 e. The van der Waals surface area contributed by atoms with Crippen molar-refractivity contribution >= 4 is 52.5 Å². The summed E-state index contributed by atoms with van der Waals surface area (Å²) in [6.45, 7) is 1.44. The fourth-order valence-corrected chi connectivity index (χ4v) is 4.23. The van der Waals surface area contributed by atoms with Crippen molar-refractivity contribution in [3.8, 4) is 11.5 Å². The SMILES string of the molecule is O=C(CSc1nnc(-c2ccc(Cl)cc2)o1)Nc1cc(Cl)ccc1C(=O)N1CCCCC1. The Balaban J connectivity index is 1.39. The van der Waals surface area contributed by atoms with E-state index in [1.165, 1.54) is 0 Å². The second-order valence-electron chi connectivity index (χ2n) is 7.26. The van der Waals surface area contributed by atoms with Gasteiger partial charge in [0, 0.05) is 28.7 Å². The van der Waals surface area contributed by atoms with Crippen molar-refractivity contribution in [1.29, 1.82) is 0 Å². The average molecular weight is 491 g/mol. The summed E-state index contributed by atoms with van der Waals surface area (Å²) in [6.07, 6.45) is 3.10. The predicted molar refractivity (Wildman–Crippen MR) is 125 cm³/mol. The number of amides is 2. The number of hydrogen-bond donors (Lipinski definition) is 1. The van der Waals surface area contributed by atoms with Gasteiger partial charge >= 0.3 is 0 Å². The molecule has 32 heavy (non-hydrogen) atoms. The molecular formula is C22H20Cl2N4O3S. The molecule has 2 aromatic carbocycles. The monoisotopic (exact) mass is 490 g/mol. The molecule has 0 aliphatic carbocycles. The van der Waals surface area contributed by atoms with Gasteiger partial charge in [-0.1, -0.05) is 35.0 Å². The van der Waals surface area contributed by atoms with Gasteiger partial charge in [-0.05, 0) is 61.7 Å². The van der Waals surface area contributed by atoms with Gasteiger partial charge in [0.1, 0.15) is 0 Å². The highest BCUT2D eigenvalue weighted by Crippen LogP contribution is 2.26. The molecule has 2 heterocycles. The minimum Gasteiger partial charge on any atom is -0.411 e. The van der Waals surface area contributed by atoms with Crippen LogP contribution in [0.25, 0.3) is 11.5 Å². The van der Waals surface area contributed by atoms with Crippen molar-refractivity contribution in [3.05, 3.63) is 58.1 Å². The average Bonchev–Trinajstić information content (AvgIpc) is 3.28. The van der Waals surface area contributed by atoms with Gasteiger partial charge < -0.3 is 14.6 Å². The van der Waals surface area contributed by atoms with Gasteiger partial charge in [0.2, 0.25) is 11.8 Å². The zero-order valence-electron chi connectivity index (χ0n) is 17.0. The highest BCUT2D eigenvalue weighted by Gasteiger charge is 2.22. The van der Waals surface area contributed by atoms with Crippen LogP contribution in [0, 0.1) is 0 Å². The first kappa shape index (κ1) is 22.6. The number of hydrogen-bond acceptors (Lipinski definition) is 6. The molecular weight excluding hydrogens is 471 g/mol. The number of rotatable bonds is 6. The number of aromatic nitrogens is 2. The van der Waals surface area contributed by atoms with Crippen LogP contribution in [0.4, 0.5) is 5.69 Å². The first-order valence-electron chi connectivity index (χ1n) is 10.1. The zero-order chi connectivity index (χ0) is 22.5. The maximum atomic E-state index is 12.9. The molecule has 1 fully saturated rings. The highest BCUT2D eigenvalue weighted by atomic mass is 35.5. The van der Waals surface area contributed by atoms with Gasteiger partial charge in [-0.15, -0.1) is 10.2 Å². The number of likely N-dealkylation sites (tertiary alicyclic amines) is 1. The first-order valence-corrected chi connectivity index (χ1v) is 11.8. The molecule has 10 heteroatoms. The molecule has 2 amide bonds. The third-order valence-electron chi connectivity index (χ3n) is 4.95. The summed E-state index contributed by atoms with van der Waals surface area (Å²) < 4.78 is 5.61. The van der Waals surface area contributed by atoms with Gasteiger partial charge in [0.05, 0.1) is 17.0 Å². The first-order chi connectivity index (χ1) is 15.5. The number of carbonyl (C=O) groups is 2. The fourth-order valence-electron chi connectivity index (χ4n) is 3.36. The second kappa shape index (κ2) is 10.4. The second-order valence-corrected chi connectivity index (χ2v) is 9.06. The van der Waals surface area contributed by atoms with E-state index in [0.29, 0.717) is 27.2 Å². The lowest BCUT2D eigenvalue weighted by molar-refractivity contribution is -0.113. The maximum Gasteiger partial charge on any atom is 0.277 e. The van der Waals surface area contributed by atoms with Gasteiger partial charge in [0.25, 0.3) is 11.1 Å². The molecule has 0 bridgehead atoms. The van der Waals surface area contributed by atoms with Gasteiger partial charge in [-0.3, -0.25) is 9.59 Å². The topological polar surface area (TPSA) is 88.3 Å². The molecule has 3 aromatic rings. The van der Waals surface area contributed by atoms with Gasteiger partial charge in [-0.25, -0.2) is 0 Å². The normalized spacial score (nSPS) is 13.8. The molecule has 7 nitrogen and oxygen atoms in total. The predicted octanol–water partition coefficient (Wildman–Crippen LogP) is 5.40. The molecule has 1 aromatic heterocycles. The number of benzene rings is 2. The van der Waals surface area contributed by atoms with E-state index in [-0.39, 0.29) is 22.8 Å². The van der Waals surface area contributed by atoms with Crippen molar-refractivity contribution in [2.45, 2.75) is 24.5 Å². The van der Waals surface area contributed by atoms with Crippen LogP contribution in [0.1, 0.15) is 29.6 Å². The molecule has 1 saturated heterocycles. The van der Waals surface area contributed by atoms with Crippen molar-refractivity contribution < 1.29 is 14.0 Å². The van der Waals surface area contributed by atoms with Crippen LogP contribution in [-0.2, 0) is 4.79 Å². The standard InChI is InChI=1S/C22H20Cl2N4O3S/c23-15-6-4-14(5-7-15)20-26-27-22(31-20)32-13-19(29)25-18-12-16(24)8-9-17(18)21(30)28-10-2-1-3-11-28/h4-9,12H,1-3,10-11,13H2,(H,25,29). The van der Waals surface area contributed by atoms with Crippen LogP contribution in [-0.4, -0.2) is 45.8 Å². The zero-order valence-corrected chi connectivity index (χ0v) is 19.3. The van der Waals surface area contributed by atoms with Crippen molar-refractivity contribution in [1.82, 2.24) is 15.1 Å². The third kappa shape index (κ3) is 5.62. The Morgan fingerprint density at radius 3 is 2.47 bits per heavy atom. The van der Waals surface area contributed by atoms with E-state index in [1.54, 1.807) is 42.5 Å². The van der Waals surface area contributed by atoms with E-state index >= 15 is 0 Å². The maximum absolute atomic E-state index is 12.9. The van der Waals surface area contributed by atoms with Gasteiger partial charge in [0.15, 0.2) is 0 Å². The molecule has 0 saturated carbocycles. The van der Waals surface area contributed by atoms with E-state index in [1.807, 2.05) is 4.90 Å². The van der Waals surface area contributed by atoms with Crippen molar-refractivity contribution in [3.63, 3.8) is 0 Å². The van der Waals surface area contributed by atoms with Crippen molar-refractivity contribution in [2.75, 3.05) is 24.2 Å². The Morgan fingerprint density at radius 2 is 1.72 bits per heavy atom. The summed E-state index contributed by atoms with van der Waals surface area (Å²) in [6, 6.07) is 11.9. The Morgan fingerprint density at radius 1 is 1.00 bits per heavy atom.